The van der Waals surface area contributed by atoms with Crippen LogP contribution in [0, 0.1) is 12.7 Å². The SMILES string of the molecule is CSc1ccc(-c2nc(C)c(F)c(Cl)n2)cc1. The molecule has 0 aliphatic heterocycles. The molecule has 1 aromatic heterocycles. The van der Waals surface area contributed by atoms with E-state index in [0.29, 0.717) is 5.82 Å². The number of hydrogen-bond donors (Lipinski definition) is 0. The summed E-state index contributed by atoms with van der Waals surface area (Å²) in [5.41, 5.74) is 1.08. The van der Waals surface area contributed by atoms with Gasteiger partial charge in [0.1, 0.15) is 0 Å². The molecule has 0 amide bonds. The molecule has 0 saturated carbocycles. The molecule has 0 unspecified atom stereocenters. The molecule has 1 aromatic carbocycles. The monoisotopic (exact) mass is 268 g/mol. The van der Waals surface area contributed by atoms with Crippen molar-refractivity contribution in [2.75, 3.05) is 6.26 Å². The summed E-state index contributed by atoms with van der Waals surface area (Å²) in [7, 11) is 0. The highest BCUT2D eigenvalue weighted by atomic mass is 35.5. The van der Waals surface area contributed by atoms with Crippen LogP contribution in [0.2, 0.25) is 5.15 Å². The lowest BCUT2D eigenvalue weighted by Gasteiger charge is -2.04. The van der Waals surface area contributed by atoms with E-state index in [4.69, 9.17) is 11.6 Å². The van der Waals surface area contributed by atoms with E-state index < -0.39 is 5.82 Å². The molecule has 0 saturated heterocycles. The van der Waals surface area contributed by atoms with E-state index in [1.165, 1.54) is 0 Å². The lowest BCUT2D eigenvalue weighted by molar-refractivity contribution is 0.603. The summed E-state index contributed by atoms with van der Waals surface area (Å²) in [5, 5.41) is -0.138. The Labute approximate surface area is 108 Å². The zero-order valence-corrected chi connectivity index (χ0v) is 10.9. The zero-order chi connectivity index (χ0) is 12.4. The summed E-state index contributed by atoms with van der Waals surface area (Å²) in [5.74, 6) is -0.113. The van der Waals surface area contributed by atoms with Gasteiger partial charge in [0.2, 0.25) is 0 Å². The normalized spacial score (nSPS) is 10.6. The zero-order valence-electron chi connectivity index (χ0n) is 9.37. The van der Waals surface area contributed by atoms with Crippen molar-refractivity contribution in [1.29, 1.82) is 0 Å². The third kappa shape index (κ3) is 2.58. The van der Waals surface area contributed by atoms with Crippen molar-refractivity contribution in [1.82, 2.24) is 9.97 Å². The number of aryl methyl sites for hydroxylation is 1. The van der Waals surface area contributed by atoms with Crippen LogP contribution in [0.25, 0.3) is 11.4 Å². The molecule has 0 radical (unpaired) electrons. The van der Waals surface area contributed by atoms with Gasteiger partial charge in [0.25, 0.3) is 0 Å². The van der Waals surface area contributed by atoms with Gasteiger partial charge in [0.15, 0.2) is 16.8 Å². The van der Waals surface area contributed by atoms with Crippen molar-refractivity contribution in [3.8, 4) is 11.4 Å². The first-order valence-electron chi connectivity index (χ1n) is 4.96. The summed E-state index contributed by atoms with van der Waals surface area (Å²) >= 11 is 7.35. The van der Waals surface area contributed by atoms with Gasteiger partial charge in [-0.1, -0.05) is 23.7 Å². The van der Waals surface area contributed by atoms with Crippen LogP contribution in [0.5, 0.6) is 0 Å². The van der Waals surface area contributed by atoms with E-state index in [-0.39, 0.29) is 10.8 Å². The van der Waals surface area contributed by atoms with Gasteiger partial charge in [-0.25, -0.2) is 14.4 Å². The molecule has 0 aliphatic rings. The van der Waals surface area contributed by atoms with Crippen molar-refractivity contribution in [3.63, 3.8) is 0 Å². The fourth-order valence-corrected chi connectivity index (χ4v) is 2.02. The molecule has 5 heteroatoms. The molecule has 0 atom stereocenters. The van der Waals surface area contributed by atoms with Crippen LogP contribution < -0.4 is 0 Å². The van der Waals surface area contributed by atoms with Gasteiger partial charge in [-0.3, -0.25) is 0 Å². The Morgan fingerprint density at radius 2 is 1.82 bits per heavy atom. The molecular weight excluding hydrogens is 259 g/mol. The first-order chi connectivity index (χ1) is 8.11. The highest BCUT2D eigenvalue weighted by Crippen LogP contribution is 2.23. The lowest BCUT2D eigenvalue weighted by Crippen LogP contribution is -1.97. The van der Waals surface area contributed by atoms with E-state index >= 15 is 0 Å². The molecule has 0 fully saturated rings. The van der Waals surface area contributed by atoms with Gasteiger partial charge < -0.3 is 0 Å². The number of thioether (sulfide) groups is 1. The van der Waals surface area contributed by atoms with E-state index in [0.717, 1.165) is 10.5 Å². The van der Waals surface area contributed by atoms with Gasteiger partial charge in [0.05, 0.1) is 5.69 Å². The Morgan fingerprint density at radius 1 is 1.18 bits per heavy atom. The number of hydrogen-bond acceptors (Lipinski definition) is 3. The second-order valence-corrected chi connectivity index (χ2v) is 4.70. The maximum atomic E-state index is 13.3. The van der Waals surface area contributed by atoms with E-state index in [9.17, 15) is 4.39 Å². The molecule has 2 nitrogen and oxygen atoms in total. The summed E-state index contributed by atoms with van der Waals surface area (Å²) in [6.07, 6.45) is 2.00. The molecule has 1 heterocycles. The van der Waals surface area contributed by atoms with E-state index in [1.807, 2.05) is 30.5 Å². The molecule has 0 bridgehead atoms. The van der Waals surface area contributed by atoms with E-state index in [2.05, 4.69) is 9.97 Å². The molecule has 0 aliphatic carbocycles. The second-order valence-electron chi connectivity index (χ2n) is 3.47. The standard InChI is InChI=1S/C12H10ClFN2S/c1-7-10(14)11(13)16-12(15-7)8-3-5-9(17-2)6-4-8/h3-6H,1-2H3. The molecule has 88 valence electrons. The lowest BCUT2D eigenvalue weighted by atomic mass is 10.2. The molecule has 0 spiro atoms. The first kappa shape index (κ1) is 12.3. The minimum absolute atomic E-state index is 0.138. The molecular formula is C12H10ClFN2S. The third-order valence-corrected chi connectivity index (χ3v) is 3.32. The highest BCUT2D eigenvalue weighted by molar-refractivity contribution is 7.98. The second kappa shape index (κ2) is 5.02. The fourth-order valence-electron chi connectivity index (χ4n) is 1.39. The summed E-state index contributed by atoms with van der Waals surface area (Å²) in [4.78, 5) is 9.17. The van der Waals surface area contributed by atoms with Crippen molar-refractivity contribution < 1.29 is 4.39 Å². The van der Waals surface area contributed by atoms with Crippen molar-refractivity contribution >= 4 is 23.4 Å². The quantitative estimate of drug-likeness (QED) is 0.609. The molecule has 2 aromatic rings. The molecule has 17 heavy (non-hydrogen) atoms. The van der Waals surface area contributed by atoms with Gasteiger partial charge in [0, 0.05) is 10.5 Å². The third-order valence-electron chi connectivity index (χ3n) is 2.32. The number of halogens is 2. The van der Waals surface area contributed by atoms with Crippen LogP contribution in [-0.4, -0.2) is 16.2 Å². The Morgan fingerprint density at radius 3 is 2.35 bits per heavy atom. The van der Waals surface area contributed by atoms with Gasteiger partial charge in [-0.15, -0.1) is 11.8 Å². The number of benzene rings is 1. The van der Waals surface area contributed by atoms with Crippen LogP contribution in [0.1, 0.15) is 5.69 Å². The summed E-state index contributed by atoms with van der Waals surface area (Å²) < 4.78 is 13.3. The number of aromatic nitrogens is 2. The average molecular weight is 269 g/mol. The maximum Gasteiger partial charge on any atom is 0.181 e. The number of rotatable bonds is 2. The number of nitrogens with zero attached hydrogens (tertiary/aromatic N) is 2. The van der Waals surface area contributed by atoms with Crippen LogP contribution in [0.3, 0.4) is 0 Å². The fraction of sp³-hybridized carbons (Fsp3) is 0.167. The average Bonchev–Trinajstić information content (AvgIpc) is 2.35. The summed E-state index contributed by atoms with van der Waals surface area (Å²) in [6.45, 7) is 1.57. The predicted octanol–water partition coefficient (Wildman–Crippen LogP) is 3.97. The Bertz CT molecular complexity index is 520. The topological polar surface area (TPSA) is 25.8 Å². The van der Waals surface area contributed by atoms with Gasteiger partial charge in [-0.05, 0) is 25.3 Å². The van der Waals surface area contributed by atoms with Crippen molar-refractivity contribution in [2.45, 2.75) is 11.8 Å². The van der Waals surface area contributed by atoms with Crippen molar-refractivity contribution in [2.24, 2.45) is 0 Å². The largest absolute Gasteiger partial charge is 0.230 e. The van der Waals surface area contributed by atoms with Crippen molar-refractivity contribution in [3.05, 3.63) is 40.9 Å². The molecule has 0 N–H and O–H groups in total. The highest BCUT2D eigenvalue weighted by Gasteiger charge is 2.10. The van der Waals surface area contributed by atoms with Crippen LogP contribution in [-0.2, 0) is 0 Å². The Kier molecular flexibility index (Phi) is 3.64. The van der Waals surface area contributed by atoms with E-state index in [1.54, 1.807) is 18.7 Å². The summed E-state index contributed by atoms with van der Waals surface area (Å²) in [6, 6.07) is 7.73. The first-order valence-corrected chi connectivity index (χ1v) is 6.56. The Hall–Kier alpha value is -1.13. The van der Waals surface area contributed by atoms with Crippen LogP contribution in [0.15, 0.2) is 29.2 Å². The van der Waals surface area contributed by atoms with Crippen LogP contribution >= 0.6 is 23.4 Å². The van der Waals surface area contributed by atoms with Gasteiger partial charge >= 0.3 is 0 Å². The van der Waals surface area contributed by atoms with Crippen LogP contribution in [0.4, 0.5) is 4.39 Å². The van der Waals surface area contributed by atoms with Gasteiger partial charge in [-0.2, -0.15) is 0 Å². The molecule has 2 rings (SSSR count). The maximum absolute atomic E-state index is 13.3. The Balaban J connectivity index is 2.45. The smallest absolute Gasteiger partial charge is 0.181 e. The minimum Gasteiger partial charge on any atom is -0.230 e. The minimum atomic E-state index is -0.559. The predicted molar refractivity (Wildman–Crippen MR) is 69.0 cm³/mol.